The zero-order chi connectivity index (χ0) is 20.7. The van der Waals surface area contributed by atoms with Crippen molar-refractivity contribution >= 4 is 34.5 Å². The number of barbiturate groups is 1. The lowest BCUT2D eigenvalue weighted by atomic mass is 9.68. The van der Waals surface area contributed by atoms with Crippen LogP contribution in [0.1, 0.15) is 24.0 Å². The normalized spacial score (nSPS) is 23.2. The minimum absolute atomic E-state index is 0.0602. The number of urea groups is 1. The molecule has 0 radical (unpaired) electrons. The molecule has 3 aliphatic heterocycles. The average molecular weight is 395 g/mol. The smallest absolute Gasteiger partial charge is 0.341 e. The molecule has 29 heavy (non-hydrogen) atoms. The van der Waals surface area contributed by atoms with Gasteiger partial charge >= 0.3 is 11.7 Å². The number of nitrogens with zero attached hydrogens (tertiary/aromatic N) is 3. The molecule has 0 N–H and O–H groups in total. The maximum atomic E-state index is 13.3. The van der Waals surface area contributed by atoms with Gasteiger partial charge in [0.2, 0.25) is 11.8 Å². The van der Waals surface area contributed by atoms with Crippen molar-refractivity contribution in [3.8, 4) is 0 Å². The van der Waals surface area contributed by atoms with Crippen molar-refractivity contribution in [2.24, 2.45) is 5.41 Å². The number of benzene rings is 1. The number of fused-ring (bicyclic) bond motifs is 6. The number of hydrogen-bond donors (Lipinski definition) is 0. The number of carbonyl (C=O) groups is 3. The minimum Gasteiger partial charge on any atom is -0.422 e. The Hall–Kier alpha value is -3.16. The molecule has 150 valence electrons. The Morgan fingerprint density at radius 1 is 1.07 bits per heavy atom. The lowest BCUT2D eigenvalue weighted by Crippen LogP contribution is -2.70. The van der Waals surface area contributed by atoms with Crippen LogP contribution in [0.15, 0.2) is 27.4 Å². The van der Waals surface area contributed by atoms with E-state index in [1.54, 1.807) is 6.07 Å². The van der Waals surface area contributed by atoms with Crippen molar-refractivity contribution in [2.75, 3.05) is 25.5 Å². The van der Waals surface area contributed by atoms with Crippen LogP contribution in [-0.2, 0) is 16.0 Å². The van der Waals surface area contributed by atoms with Gasteiger partial charge in [-0.25, -0.2) is 9.59 Å². The summed E-state index contributed by atoms with van der Waals surface area (Å²) in [7, 11) is 2.77. The fourth-order valence-corrected chi connectivity index (χ4v) is 5.29. The highest BCUT2D eigenvalue weighted by atomic mass is 16.4. The zero-order valence-electron chi connectivity index (χ0n) is 16.5. The number of imide groups is 2. The third kappa shape index (κ3) is 2.08. The molecule has 2 aromatic rings. The molecular weight excluding hydrogens is 374 g/mol. The van der Waals surface area contributed by atoms with E-state index in [1.165, 1.54) is 14.1 Å². The van der Waals surface area contributed by atoms with E-state index < -0.39 is 34.9 Å². The van der Waals surface area contributed by atoms with E-state index >= 15 is 0 Å². The van der Waals surface area contributed by atoms with Crippen molar-refractivity contribution in [2.45, 2.75) is 32.2 Å². The third-order valence-corrected chi connectivity index (χ3v) is 6.64. The first-order valence-electron chi connectivity index (χ1n) is 9.70. The van der Waals surface area contributed by atoms with Gasteiger partial charge in [-0.05, 0) is 31.9 Å². The first kappa shape index (κ1) is 17.9. The molecule has 1 aromatic carbocycles. The van der Waals surface area contributed by atoms with Gasteiger partial charge < -0.3 is 9.32 Å². The minimum atomic E-state index is -1.49. The van der Waals surface area contributed by atoms with Crippen LogP contribution in [-0.4, -0.2) is 54.3 Å². The highest BCUT2D eigenvalue weighted by molar-refractivity contribution is 6.20. The Morgan fingerprint density at radius 2 is 1.76 bits per heavy atom. The second-order valence-electron chi connectivity index (χ2n) is 8.23. The number of amides is 4. The predicted molar refractivity (Wildman–Crippen MR) is 105 cm³/mol. The molecule has 2 saturated heterocycles. The van der Waals surface area contributed by atoms with Gasteiger partial charge in [-0.2, -0.15) is 0 Å². The Bertz CT molecular complexity index is 1140. The van der Waals surface area contributed by atoms with E-state index in [1.807, 2.05) is 24.0 Å². The van der Waals surface area contributed by atoms with Gasteiger partial charge in [0.15, 0.2) is 5.41 Å². The summed E-state index contributed by atoms with van der Waals surface area (Å²) < 4.78 is 5.54. The van der Waals surface area contributed by atoms with Crippen molar-refractivity contribution in [1.29, 1.82) is 0 Å². The predicted octanol–water partition coefficient (Wildman–Crippen LogP) is 1.66. The number of rotatable bonds is 0. The average Bonchev–Trinajstić information content (AvgIpc) is 3.20. The fraction of sp³-hybridized carbons (Fsp3) is 0.429. The Labute approximate surface area is 166 Å². The molecule has 0 saturated carbocycles. The molecule has 8 nitrogen and oxygen atoms in total. The fourth-order valence-electron chi connectivity index (χ4n) is 5.29. The summed E-state index contributed by atoms with van der Waals surface area (Å²) in [6.45, 7) is 2.60. The van der Waals surface area contributed by atoms with Crippen molar-refractivity contribution < 1.29 is 18.8 Å². The summed E-state index contributed by atoms with van der Waals surface area (Å²) in [6, 6.07) is 4.57. The van der Waals surface area contributed by atoms with Gasteiger partial charge in [0.1, 0.15) is 5.58 Å². The molecule has 8 heteroatoms. The molecule has 1 aromatic heterocycles. The van der Waals surface area contributed by atoms with Crippen LogP contribution < -0.4 is 10.5 Å². The molecular formula is C21H21N3O5. The molecule has 5 rings (SSSR count). The molecule has 0 bridgehead atoms. The number of aryl methyl sites for hydroxylation is 1. The topological polar surface area (TPSA) is 91.1 Å². The Morgan fingerprint density at radius 3 is 2.45 bits per heavy atom. The Kier molecular flexibility index (Phi) is 3.51. The van der Waals surface area contributed by atoms with Crippen LogP contribution in [0, 0.1) is 12.3 Å². The van der Waals surface area contributed by atoms with Crippen LogP contribution in [0.4, 0.5) is 10.5 Å². The summed E-state index contributed by atoms with van der Waals surface area (Å²) in [4.78, 5) is 55.9. The third-order valence-electron chi connectivity index (χ3n) is 6.64. The van der Waals surface area contributed by atoms with Crippen molar-refractivity contribution in [3.63, 3.8) is 0 Å². The highest BCUT2D eigenvalue weighted by Gasteiger charge is 2.64. The summed E-state index contributed by atoms with van der Waals surface area (Å²) in [6.07, 6.45) is 1.37. The molecule has 1 unspecified atom stereocenters. The number of hydrogen-bond acceptors (Lipinski definition) is 6. The summed E-state index contributed by atoms with van der Waals surface area (Å²) in [5.74, 6) is -1.09. The molecule has 1 spiro atoms. The maximum absolute atomic E-state index is 13.3. The monoisotopic (exact) mass is 395 g/mol. The SMILES string of the molecule is Cc1ccc2oc(=O)c3c(c2c1)N1CCCC1C1(C3)C(=O)N(C)C(=O)N(C)C1=O. The van der Waals surface area contributed by atoms with Crippen LogP contribution in [0.5, 0.6) is 0 Å². The number of carbonyl (C=O) groups excluding carboxylic acids is 3. The highest BCUT2D eigenvalue weighted by Crippen LogP contribution is 2.50. The lowest BCUT2D eigenvalue weighted by Gasteiger charge is -2.50. The van der Waals surface area contributed by atoms with Gasteiger partial charge in [-0.15, -0.1) is 0 Å². The van der Waals surface area contributed by atoms with E-state index in [9.17, 15) is 19.2 Å². The van der Waals surface area contributed by atoms with E-state index in [2.05, 4.69) is 0 Å². The molecule has 3 aliphatic rings. The van der Waals surface area contributed by atoms with Crippen molar-refractivity contribution in [1.82, 2.24) is 9.80 Å². The first-order chi connectivity index (χ1) is 13.8. The molecule has 4 amide bonds. The van der Waals surface area contributed by atoms with Crippen LogP contribution in [0.25, 0.3) is 11.0 Å². The van der Waals surface area contributed by atoms with Crippen molar-refractivity contribution in [3.05, 3.63) is 39.7 Å². The van der Waals surface area contributed by atoms with Gasteiger partial charge in [-0.1, -0.05) is 11.6 Å². The summed E-state index contributed by atoms with van der Waals surface area (Å²) in [5.41, 5.74) is 0.581. The van der Waals surface area contributed by atoms with Gasteiger partial charge in [0.05, 0.1) is 17.3 Å². The first-order valence-corrected chi connectivity index (χ1v) is 9.70. The van der Waals surface area contributed by atoms with Crippen LogP contribution in [0.2, 0.25) is 0 Å². The van der Waals surface area contributed by atoms with E-state index in [0.717, 1.165) is 32.9 Å². The van der Waals surface area contributed by atoms with Gasteiger partial charge in [0, 0.05) is 32.4 Å². The quantitative estimate of drug-likeness (QED) is 0.498. The number of anilines is 1. The summed E-state index contributed by atoms with van der Waals surface area (Å²) in [5, 5.41) is 0.815. The van der Waals surface area contributed by atoms with Crippen LogP contribution in [0.3, 0.4) is 0 Å². The maximum Gasteiger partial charge on any atom is 0.341 e. The molecule has 0 aliphatic carbocycles. The Balaban J connectivity index is 1.81. The largest absolute Gasteiger partial charge is 0.422 e. The second kappa shape index (κ2) is 5.68. The van der Waals surface area contributed by atoms with E-state index in [-0.39, 0.29) is 6.42 Å². The summed E-state index contributed by atoms with van der Waals surface area (Å²) >= 11 is 0. The van der Waals surface area contributed by atoms with E-state index in [4.69, 9.17) is 4.42 Å². The van der Waals surface area contributed by atoms with Gasteiger partial charge in [-0.3, -0.25) is 19.4 Å². The second-order valence-corrected chi connectivity index (χ2v) is 8.23. The molecule has 4 heterocycles. The standard InChI is InChI=1S/C21H21N3O5/c1-11-6-7-14-12(9-11)16-13(17(25)29-14)10-21(15-5-4-8-24(15)16)18(26)22(2)20(28)23(3)19(21)27/h6-7,9,15H,4-5,8,10H2,1-3H3. The lowest BCUT2D eigenvalue weighted by molar-refractivity contribution is -0.159. The van der Waals surface area contributed by atoms with E-state index in [0.29, 0.717) is 24.1 Å². The zero-order valence-corrected chi connectivity index (χ0v) is 16.5. The van der Waals surface area contributed by atoms with Gasteiger partial charge in [0.25, 0.3) is 0 Å². The van der Waals surface area contributed by atoms with Crippen LogP contribution >= 0.6 is 0 Å². The molecule has 2 fully saturated rings. The molecule has 1 atom stereocenters.